The highest BCUT2D eigenvalue weighted by atomic mass is 127. The molecule has 5 nitrogen and oxygen atoms in total. The van der Waals surface area contributed by atoms with Crippen molar-refractivity contribution in [3.05, 3.63) is 28.8 Å². The highest BCUT2D eigenvalue weighted by Crippen LogP contribution is 2.31. The number of aliphatic imine (C=N–C) groups is 1. The Morgan fingerprint density at radius 1 is 1.22 bits per heavy atom. The topological polar surface area (TPSA) is 57.1 Å². The summed E-state index contributed by atoms with van der Waals surface area (Å²) in [5.74, 6) is 1.34. The summed E-state index contributed by atoms with van der Waals surface area (Å²) in [7, 11) is 0. The Balaban J connectivity index is 0.00000261. The number of nitrogens with zero attached hydrogens (tertiary/aromatic N) is 2. The molecule has 0 aromatic heterocycles. The van der Waals surface area contributed by atoms with Crippen LogP contribution >= 0.6 is 24.0 Å². The molecule has 152 valence electrons. The second kappa shape index (κ2) is 11.1. The number of guanidine groups is 1. The third-order valence-corrected chi connectivity index (χ3v) is 5.49. The summed E-state index contributed by atoms with van der Waals surface area (Å²) in [5, 5.41) is 13.8. The van der Waals surface area contributed by atoms with Crippen LogP contribution in [0.3, 0.4) is 0 Å². The Labute approximate surface area is 180 Å². The van der Waals surface area contributed by atoms with Crippen LogP contribution in [0.4, 0.5) is 0 Å². The van der Waals surface area contributed by atoms with Gasteiger partial charge in [-0.1, -0.05) is 6.07 Å². The molecule has 0 atom stereocenters. The molecule has 0 unspecified atom stereocenters. The molecular formula is C21H34IN3O2. The van der Waals surface area contributed by atoms with Crippen LogP contribution in [0.2, 0.25) is 0 Å². The fraction of sp³-hybridized carbons (Fsp3) is 0.667. The van der Waals surface area contributed by atoms with Crippen LogP contribution in [0.25, 0.3) is 0 Å². The zero-order valence-electron chi connectivity index (χ0n) is 16.7. The molecule has 1 aromatic carbocycles. The molecule has 1 heterocycles. The van der Waals surface area contributed by atoms with E-state index in [1.54, 1.807) is 0 Å². The van der Waals surface area contributed by atoms with Crippen molar-refractivity contribution >= 4 is 29.9 Å². The molecule has 1 aromatic rings. The van der Waals surface area contributed by atoms with Gasteiger partial charge in [0.25, 0.3) is 0 Å². The number of hydrogen-bond acceptors (Lipinski definition) is 3. The maximum atomic E-state index is 10.4. The fourth-order valence-corrected chi connectivity index (χ4v) is 4.12. The lowest BCUT2D eigenvalue weighted by Gasteiger charge is -2.34. The Morgan fingerprint density at radius 3 is 2.67 bits per heavy atom. The summed E-state index contributed by atoms with van der Waals surface area (Å²) in [6.07, 6.45) is 7.11. The Hall–Kier alpha value is -1.02. The molecule has 1 aliphatic carbocycles. The lowest BCUT2D eigenvalue weighted by atomic mass is 9.88. The predicted molar refractivity (Wildman–Crippen MR) is 121 cm³/mol. The minimum Gasteiger partial charge on any atom is -0.508 e. The van der Waals surface area contributed by atoms with Gasteiger partial charge in [-0.25, -0.2) is 4.99 Å². The van der Waals surface area contributed by atoms with Gasteiger partial charge in [0.1, 0.15) is 5.75 Å². The van der Waals surface area contributed by atoms with Gasteiger partial charge in [-0.3, -0.25) is 0 Å². The molecule has 0 bridgehead atoms. The number of phenolic OH excluding ortho intramolecular Hbond substituents is 1. The molecule has 0 radical (unpaired) electrons. The molecule has 6 heteroatoms. The van der Waals surface area contributed by atoms with Gasteiger partial charge in [0.2, 0.25) is 0 Å². The van der Waals surface area contributed by atoms with Gasteiger partial charge in [0.15, 0.2) is 5.96 Å². The van der Waals surface area contributed by atoms with E-state index < -0.39 is 0 Å². The summed E-state index contributed by atoms with van der Waals surface area (Å²) in [6.45, 7) is 8.28. The summed E-state index contributed by atoms with van der Waals surface area (Å²) < 4.78 is 5.76. The zero-order valence-corrected chi connectivity index (χ0v) is 19.0. The number of aromatic hydroxyl groups is 1. The standard InChI is InChI=1S/C21H33N3O2.HI/c1-3-22-21(24-13-11-17(12-14-24)26-4-2)23-15-19-18-8-6-5-7-16(18)9-10-20(19)25;/h9-10,17,25H,3-8,11-15H2,1-2H3,(H,22,23);1H. The van der Waals surface area contributed by atoms with Gasteiger partial charge in [-0.2, -0.15) is 0 Å². The van der Waals surface area contributed by atoms with Crippen LogP contribution in [0.1, 0.15) is 56.2 Å². The molecule has 0 amide bonds. The first-order valence-corrected chi connectivity index (χ1v) is 10.2. The van der Waals surface area contributed by atoms with E-state index >= 15 is 0 Å². The van der Waals surface area contributed by atoms with E-state index in [0.717, 1.165) is 63.4 Å². The van der Waals surface area contributed by atoms with Gasteiger partial charge in [-0.15, -0.1) is 24.0 Å². The van der Waals surface area contributed by atoms with E-state index in [1.807, 2.05) is 6.07 Å². The fourth-order valence-electron chi connectivity index (χ4n) is 4.12. The number of benzene rings is 1. The van der Waals surface area contributed by atoms with E-state index in [9.17, 15) is 5.11 Å². The number of hydrogen-bond donors (Lipinski definition) is 2. The van der Waals surface area contributed by atoms with Crippen molar-refractivity contribution < 1.29 is 9.84 Å². The minimum atomic E-state index is 0. The Kier molecular flexibility index (Phi) is 9.15. The number of halogens is 1. The molecule has 27 heavy (non-hydrogen) atoms. The van der Waals surface area contributed by atoms with Crippen molar-refractivity contribution in [2.24, 2.45) is 4.99 Å². The Bertz CT molecular complexity index is 628. The van der Waals surface area contributed by atoms with Gasteiger partial charge < -0.3 is 20.1 Å². The third kappa shape index (κ3) is 5.73. The van der Waals surface area contributed by atoms with E-state index in [-0.39, 0.29) is 24.0 Å². The second-order valence-corrected chi connectivity index (χ2v) is 7.22. The molecule has 0 spiro atoms. The van der Waals surface area contributed by atoms with Gasteiger partial charge >= 0.3 is 0 Å². The van der Waals surface area contributed by atoms with Crippen LogP contribution in [-0.4, -0.2) is 48.3 Å². The lowest BCUT2D eigenvalue weighted by molar-refractivity contribution is 0.0263. The number of nitrogens with one attached hydrogen (secondary N) is 1. The maximum Gasteiger partial charge on any atom is 0.194 e. The van der Waals surface area contributed by atoms with Crippen LogP contribution in [0, 0.1) is 0 Å². The van der Waals surface area contributed by atoms with E-state index in [2.05, 4.69) is 30.1 Å². The van der Waals surface area contributed by atoms with Crippen molar-refractivity contribution in [3.63, 3.8) is 0 Å². The van der Waals surface area contributed by atoms with Gasteiger partial charge in [0, 0.05) is 31.8 Å². The number of fused-ring (bicyclic) bond motifs is 1. The summed E-state index contributed by atoms with van der Waals surface area (Å²) in [6, 6.07) is 3.93. The van der Waals surface area contributed by atoms with Crippen LogP contribution in [0.15, 0.2) is 17.1 Å². The zero-order chi connectivity index (χ0) is 18.4. The number of phenols is 1. The molecule has 1 saturated heterocycles. The average Bonchev–Trinajstić information content (AvgIpc) is 2.67. The normalized spacial score (nSPS) is 18.0. The lowest BCUT2D eigenvalue weighted by Crippen LogP contribution is -2.47. The molecule has 1 aliphatic heterocycles. The second-order valence-electron chi connectivity index (χ2n) is 7.22. The van der Waals surface area contributed by atoms with Crippen molar-refractivity contribution in [2.45, 2.75) is 65.0 Å². The molecule has 2 aliphatic rings. The molecule has 1 fully saturated rings. The van der Waals surface area contributed by atoms with Crippen LogP contribution < -0.4 is 5.32 Å². The van der Waals surface area contributed by atoms with E-state index in [4.69, 9.17) is 9.73 Å². The molecular weight excluding hydrogens is 453 g/mol. The SMILES string of the molecule is CCNC(=NCc1c(O)ccc2c1CCCC2)N1CCC(OCC)CC1.I. The smallest absolute Gasteiger partial charge is 0.194 e. The van der Waals surface area contributed by atoms with Crippen molar-refractivity contribution in [1.29, 1.82) is 0 Å². The number of likely N-dealkylation sites (tertiary alicyclic amines) is 1. The van der Waals surface area contributed by atoms with Crippen molar-refractivity contribution in [2.75, 3.05) is 26.2 Å². The number of ether oxygens (including phenoxy) is 1. The minimum absolute atomic E-state index is 0. The summed E-state index contributed by atoms with van der Waals surface area (Å²) in [5.41, 5.74) is 3.73. The number of aryl methyl sites for hydroxylation is 1. The maximum absolute atomic E-state index is 10.4. The highest BCUT2D eigenvalue weighted by molar-refractivity contribution is 14.0. The van der Waals surface area contributed by atoms with E-state index in [1.165, 1.54) is 24.0 Å². The quantitative estimate of drug-likeness (QED) is 0.377. The first-order chi connectivity index (χ1) is 12.7. The predicted octanol–water partition coefficient (Wildman–Crippen LogP) is 3.86. The number of rotatable bonds is 5. The van der Waals surface area contributed by atoms with Gasteiger partial charge in [0.05, 0.1) is 12.6 Å². The van der Waals surface area contributed by atoms with Gasteiger partial charge in [-0.05, 0) is 69.6 Å². The van der Waals surface area contributed by atoms with Crippen molar-refractivity contribution in [1.82, 2.24) is 10.2 Å². The molecule has 3 rings (SSSR count). The van der Waals surface area contributed by atoms with Crippen LogP contribution in [0.5, 0.6) is 5.75 Å². The summed E-state index contributed by atoms with van der Waals surface area (Å²) in [4.78, 5) is 7.20. The highest BCUT2D eigenvalue weighted by Gasteiger charge is 2.22. The first-order valence-electron chi connectivity index (χ1n) is 10.2. The molecule has 0 saturated carbocycles. The largest absolute Gasteiger partial charge is 0.508 e. The number of piperidine rings is 1. The monoisotopic (exact) mass is 487 g/mol. The Morgan fingerprint density at radius 2 is 1.96 bits per heavy atom. The van der Waals surface area contributed by atoms with Crippen LogP contribution in [-0.2, 0) is 24.1 Å². The summed E-state index contributed by atoms with van der Waals surface area (Å²) >= 11 is 0. The van der Waals surface area contributed by atoms with E-state index in [0.29, 0.717) is 18.4 Å². The van der Waals surface area contributed by atoms with Crippen molar-refractivity contribution in [3.8, 4) is 5.75 Å². The first kappa shape index (κ1) is 22.3. The third-order valence-electron chi connectivity index (χ3n) is 5.49. The molecule has 2 N–H and O–H groups in total. The average molecular weight is 487 g/mol.